The summed E-state index contributed by atoms with van der Waals surface area (Å²) in [6, 6.07) is 16.5. The van der Waals surface area contributed by atoms with Gasteiger partial charge in [-0.3, -0.25) is 9.89 Å². The van der Waals surface area contributed by atoms with Gasteiger partial charge in [-0.05, 0) is 24.1 Å². The van der Waals surface area contributed by atoms with Gasteiger partial charge in [0.1, 0.15) is 11.5 Å². The Balaban J connectivity index is 1.41. The summed E-state index contributed by atoms with van der Waals surface area (Å²) in [4.78, 5) is 32.3. The van der Waals surface area contributed by atoms with E-state index in [9.17, 15) is 9.59 Å². The molecule has 1 aliphatic rings. The quantitative estimate of drug-likeness (QED) is 0.502. The molecule has 2 amide bonds. The average Bonchev–Trinajstić information content (AvgIpc) is 3.29. The minimum atomic E-state index is -0.287. The van der Waals surface area contributed by atoms with E-state index >= 15 is 0 Å². The zero-order valence-electron chi connectivity index (χ0n) is 18.3. The highest BCUT2D eigenvalue weighted by molar-refractivity contribution is 5.91. The number of methoxy groups -OCH3 is 2. The van der Waals surface area contributed by atoms with Crippen LogP contribution >= 0.6 is 0 Å². The van der Waals surface area contributed by atoms with Crippen molar-refractivity contribution in [1.29, 1.82) is 0 Å². The van der Waals surface area contributed by atoms with Gasteiger partial charge in [-0.15, -0.1) is 0 Å². The van der Waals surface area contributed by atoms with Crippen molar-refractivity contribution in [2.45, 2.75) is 13.0 Å². The first-order valence-corrected chi connectivity index (χ1v) is 10.5. The van der Waals surface area contributed by atoms with Crippen LogP contribution in [0.25, 0.3) is 16.9 Å². The summed E-state index contributed by atoms with van der Waals surface area (Å²) in [5, 5.41) is 6.02. The number of urea groups is 1. The molecule has 0 bridgehead atoms. The number of amides is 2. The normalized spacial score (nSPS) is 13.0. The second-order valence-electron chi connectivity index (χ2n) is 7.74. The molecule has 5 rings (SSSR count). The van der Waals surface area contributed by atoms with Crippen molar-refractivity contribution in [1.82, 2.24) is 19.5 Å². The van der Waals surface area contributed by atoms with E-state index in [1.54, 1.807) is 30.2 Å². The number of anilines is 1. The van der Waals surface area contributed by atoms with Crippen LogP contribution in [0.15, 0.2) is 59.4 Å². The zero-order valence-corrected chi connectivity index (χ0v) is 18.3. The number of carbonyl (C=O) groups excluding carboxylic acids is 1. The highest BCUT2D eigenvalue weighted by Crippen LogP contribution is 2.29. The van der Waals surface area contributed by atoms with E-state index in [1.807, 2.05) is 36.4 Å². The molecule has 0 unspecified atom stereocenters. The van der Waals surface area contributed by atoms with Crippen molar-refractivity contribution in [2.75, 3.05) is 26.1 Å². The Kier molecular flexibility index (Phi) is 5.21. The minimum Gasteiger partial charge on any atom is -0.497 e. The van der Waals surface area contributed by atoms with Gasteiger partial charge >= 0.3 is 6.03 Å². The lowest BCUT2D eigenvalue weighted by Gasteiger charge is -2.28. The number of benzene rings is 2. The van der Waals surface area contributed by atoms with Gasteiger partial charge in [0.15, 0.2) is 5.65 Å². The molecule has 2 aromatic heterocycles. The molecule has 9 heteroatoms. The van der Waals surface area contributed by atoms with Gasteiger partial charge in [-0.25, -0.2) is 14.3 Å². The summed E-state index contributed by atoms with van der Waals surface area (Å²) in [5.41, 5.74) is 3.95. The number of nitrogens with zero attached hydrogens (tertiary/aromatic N) is 3. The van der Waals surface area contributed by atoms with E-state index in [1.165, 1.54) is 11.6 Å². The molecule has 2 N–H and O–H groups in total. The van der Waals surface area contributed by atoms with E-state index < -0.39 is 0 Å². The van der Waals surface area contributed by atoms with E-state index in [0.717, 1.165) is 11.3 Å². The highest BCUT2D eigenvalue weighted by Gasteiger charge is 2.26. The molecule has 0 radical (unpaired) electrons. The van der Waals surface area contributed by atoms with Crippen molar-refractivity contribution < 1.29 is 14.3 Å². The molecule has 4 aromatic rings. The lowest BCUT2D eigenvalue weighted by Crippen LogP contribution is -2.41. The zero-order chi connectivity index (χ0) is 22.9. The van der Waals surface area contributed by atoms with Crippen molar-refractivity contribution in [2.24, 2.45) is 0 Å². The Hall–Kier alpha value is -4.27. The highest BCUT2D eigenvalue weighted by atomic mass is 16.5. The molecule has 0 fully saturated rings. The molecule has 0 atom stereocenters. The van der Waals surface area contributed by atoms with Crippen molar-refractivity contribution in [3.63, 3.8) is 0 Å². The topological polar surface area (TPSA) is 101 Å². The third-order valence-electron chi connectivity index (χ3n) is 5.79. The molecule has 3 heterocycles. The van der Waals surface area contributed by atoms with Crippen LogP contribution in [0.2, 0.25) is 0 Å². The number of carbonyl (C=O) groups is 1. The van der Waals surface area contributed by atoms with Crippen LogP contribution in [-0.4, -0.2) is 46.3 Å². The van der Waals surface area contributed by atoms with Crippen LogP contribution in [0.1, 0.15) is 11.3 Å². The Morgan fingerprint density at radius 3 is 2.67 bits per heavy atom. The Labute approximate surface area is 189 Å². The standard InChI is InChI=1S/C24H23N5O4/c1-32-16-8-9-18(21(12-16)33-2)26-24(31)28-11-10-17-20(14-28)25-22-13-19(27-29(22)23(17)30)15-6-4-3-5-7-15/h3-9,12-13,27H,10-11,14H2,1-2H3,(H,26,31). The fourth-order valence-corrected chi connectivity index (χ4v) is 4.03. The predicted molar refractivity (Wildman–Crippen MR) is 124 cm³/mol. The molecule has 168 valence electrons. The second-order valence-corrected chi connectivity index (χ2v) is 7.74. The van der Waals surface area contributed by atoms with Gasteiger partial charge < -0.3 is 19.7 Å². The molecule has 0 saturated carbocycles. The largest absolute Gasteiger partial charge is 0.497 e. The van der Waals surface area contributed by atoms with E-state index in [-0.39, 0.29) is 18.1 Å². The number of ether oxygens (including phenoxy) is 2. The van der Waals surface area contributed by atoms with Crippen LogP contribution in [0, 0.1) is 0 Å². The van der Waals surface area contributed by atoms with Gasteiger partial charge in [0.2, 0.25) is 0 Å². The fourth-order valence-electron chi connectivity index (χ4n) is 4.03. The molecule has 9 nitrogen and oxygen atoms in total. The third kappa shape index (κ3) is 3.78. The Bertz CT molecular complexity index is 1390. The smallest absolute Gasteiger partial charge is 0.322 e. The molecular formula is C24H23N5O4. The third-order valence-corrected chi connectivity index (χ3v) is 5.79. The van der Waals surface area contributed by atoms with E-state index in [2.05, 4.69) is 15.4 Å². The molecule has 0 saturated heterocycles. The van der Waals surface area contributed by atoms with Gasteiger partial charge in [0.25, 0.3) is 5.56 Å². The molecule has 1 aliphatic heterocycles. The summed E-state index contributed by atoms with van der Waals surface area (Å²) >= 11 is 0. The van der Waals surface area contributed by atoms with Crippen LogP contribution in [0.4, 0.5) is 10.5 Å². The average molecular weight is 445 g/mol. The fraction of sp³-hybridized carbons (Fsp3) is 0.208. The van der Waals surface area contributed by atoms with Crippen molar-refractivity contribution in [3.05, 3.63) is 76.2 Å². The number of aromatic amines is 1. The van der Waals surface area contributed by atoms with E-state index in [0.29, 0.717) is 47.1 Å². The van der Waals surface area contributed by atoms with Gasteiger partial charge in [-0.2, -0.15) is 0 Å². The monoisotopic (exact) mass is 445 g/mol. The molecule has 33 heavy (non-hydrogen) atoms. The summed E-state index contributed by atoms with van der Waals surface area (Å²) < 4.78 is 12.0. The first kappa shape index (κ1) is 20.6. The summed E-state index contributed by atoms with van der Waals surface area (Å²) in [5.74, 6) is 1.13. The maximum absolute atomic E-state index is 13.1. The lowest BCUT2D eigenvalue weighted by molar-refractivity contribution is 0.205. The summed E-state index contributed by atoms with van der Waals surface area (Å²) in [6.45, 7) is 0.657. The Morgan fingerprint density at radius 1 is 1.09 bits per heavy atom. The Morgan fingerprint density at radius 2 is 1.91 bits per heavy atom. The van der Waals surface area contributed by atoms with Gasteiger partial charge in [0.05, 0.1) is 37.8 Å². The van der Waals surface area contributed by atoms with Crippen LogP contribution in [0.5, 0.6) is 11.5 Å². The van der Waals surface area contributed by atoms with Gasteiger partial charge in [-0.1, -0.05) is 30.3 Å². The molecular weight excluding hydrogens is 422 g/mol. The number of H-pyrrole nitrogens is 1. The van der Waals surface area contributed by atoms with E-state index in [4.69, 9.17) is 9.47 Å². The van der Waals surface area contributed by atoms with Crippen LogP contribution < -0.4 is 20.3 Å². The number of rotatable bonds is 4. The predicted octanol–water partition coefficient (Wildman–Crippen LogP) is 3.30. The SMILES string of the molecule is COc1ccc(NC(=O)N2CCc3c(nc4cc(-c5ccccc5)[nH]n4c3=O)C2)c(OC)c1. The summed E-state index contributed by atoms with van der Waals surface area (Å²) in [7, 11) is 3.10. The number of nitrogens with one attached hydrogen (secondary N) is 2. The van der Waals surface area contributed by atoms with Gasteiger partial charge in [0, 0.05) is 24.2 Å². The first-order valence-electron chi connectivity index (χ1n) is 10.5. The van der Waals surface area contributed by atoms with Crippen LogP contribution in [-0.2, 0) is 13.0 Å². The molecule has 0 aliphatic carbocycles. The number of hydrogen-bond acceptors (Lipinski definition) is 5. The molecule has 2 aromatic carbocycles. The lowest BCUT2D eigenvalue weighted by atomic mass is 10.1. The maximum Gasteiger partial charge on any atom is 0.322 e. The number of fused-ring (bicyclic) bond motifs is 2. The van der Waals surface area contributed by atoms with Crippen molar-refractivity contribution >= 4 is 17.4 Å². The minimum absolute atomic E-state index is 0.130. The van der Waals surface area contributed by atoms with Crippen LogP contribution in [0.3, 0.4) is 0 Å². The molecule has 0 spiro atoms. The second kappa shape index (κ2) is 8.34. The first-order chi connectivity index (χ1) is 16.1. The number of hydrogen-bond donors (Lipinski definition) is 2. The maximum atomic E-state index is 13.1. The summed E-state index contributed by atoms with van der Waals surface area (Å²) in [6.07, 6.45) is 0.428. The van der Waals surface area contributed by atoms with Crippen molar-refractivity contribution in [3.8, 4) is 22.8 Å². The number of aromatic nitrogens is 3.